The number of hydrazone groups is 1. The molecule has 0 saturated heterocycles. The van der Waals surface area contributed by atoms with Crippen molar-refractivity contribution in [1.82, 2.24) is 5.01 Å². The van der Waals surface area contributed by atoms with Gasteiger partial charge in [0.1, 0.15) is 5.76 Å². The lowest BCUT2D eigenvalue weighted by Gasteiger charge is -2.04. The Labute approximate surface area is 116 Å². The maximum absolute atomic E-state index is 12.0. The van der Waals surface area contributed by atoms with Crippen molar-refractivity contribution in [3.63, 3.8) is 0 Å². The Bertz CT molecular complexity index is 670. The van der Waals surface area contributed by atoms with Gasteiger partial charge >= 0.3 is 0 Å². The Morgan fingerprint density at radius 2 is 1.68 bits per heavy atom. The molecule has 1 aliphatic rings. The van der Waals surface area contributed by atoms with Crippen molar-refractivity contribution in [2.75, 3.05) is 0 Å². The molecule has 6 heteroatoms. The van der Waals surface area contributed by atoms with Gasteiger partial charge < -0.3 is 4.42 Å². The normalized spacial score (nSPS) is 14.5. The summed E-state index contributed by atoms with van der Waals surface area (Å²) < 4.78 is 5.76. The molecule has 0 fully saturated rings. The number of hydrogen-bond donors (Lipinski definition) is 0. The van der Waals surface area contributed by atoms with Crippen molar-refractivity contribution >= 4 is 34.0 Å². The fourth-order valence-corrected chi connectivity index (χ4v) is 2.11. The van der Waals surface area contributed by atoms with E-state index in [-0.39, 0.29) is 0 Å². The van der Waals surface area contributed by atoms with E-state index in [1.165, 1.54) is 6.21 Å². The topological polar surface area (TPSA) is 62.9 Å². The van der Waals surface area contributed by atoms with Gasteiger partial charge in [-0.15, -0.1) is 0 Å². The van der Waals surface area contributed by atoms with Gasteiger partial charge in [-0.3, -0.25) is 9.59 Å². The first kappa shape index (κ1) is 11.9. The Balaban J connectivity index is 1.90. The van der Waals surface area contributed by atoms with Crippen LogP contribution in [0.1, 0.15) is 26.5 Å². The number of fused-ring (bicyclic) bond motifs is 1. The van der Waals surface area contributed by atoms with Gasteiger partial charge in [-0.2, -0.15) is 10.1 Å². The number of furan rings is 1. The third-order valence-electron chi connectivity index (χ3n) is 2.67. The van der Waals surface area contributed by atoms with Gasteiger partial charge in [-0.1, -0.05) is 12.1 Å². The summed E-state index contributed by atoms with van der Waals surface area (Å²) in [4.78, 5) is 24.0. The third kappa shape index (κ3) is 2.00. The maximum atomic E-state index is 12.0. The van der Waals surface area contributed by atoms with E-state index in [4.69, 9.17) is 4.42 Å². The molecule has 0 bridgehead atoms. The van der Waals surface area contributed by atoms with E-state index < -0.39 is 11.8 Å². The zero-order valence-corrected chi connectivity index (χ0v) is 11.1. The second-order valence-electron chi connectivity index (χ2n) is 3.85. The molecule has 1 aliphatic heterocycles. The molecular formula is C13H7BrN2O3. The second-order valence-corrected chi connectivity index (χ2v) is 4.64. The van der Waals surface area contributed by atoms with E-state index in [0.29, 0.717) is 21.6 Å². The molecule has 0 N–H and O–H groups in total. The largest absolute Gasteiger partial charge is 0.448 e. The molecule has 0 spiro atoms. The van der Waals surface area contributed by atoms with Crippen molar-refractivity contribution in [2.45, 2.75) is 0 Å². The molecule has 94 valence electrons. The van der Waals surface area contributed by atoms with Crippen molar-refractivity contribution < 1.29 is 14.0 Å². The Hall–Kier alpha value is -2.21. The molecule has 5 nitrogen and oxygen atoms in total. The molecule has 0 saturated carbocycles. The van der Waals surface area contributed by atoms with Gasteiger partial charge in [0.2, 0.25) is 0 Å². The number of nitrogens with zero attached hydrogens (tertiary/aromatic N) is 2. The van der Waals surface area contributed by atoms with Crippen LogP contribution < -0.4 is 0 Å². The number of carbonyl (C=O) groups excluding carboxylic acids is 2. The highest BCUT2D eigenvalue weighted by atomic mass is 79.9. The standard InChI is InChI=1S/C13H7BrN2O3/c14-11-6-5-8(19-11)7-15-16-12(17)9-3-1-2-4-10(9)13(16)18/h1-7H/b15-7-. The minimum absolute atomic E-state index is 0.366. The van der Waals surface area contributed by atoms with Crippen LogP contribution in [0.3, 0.4) is 0 Å². The van der Waals surface area contributed by atoms with E-state index in [1.54, 1.807) is 36.4 Å². The number of halogens is 1. The number of rotatable bonds is 2. The smallest absolute Gasteiger partial charge is 0.282 e. The van der Waals surface area contributed by atoms with Crippen LogP contribution in [0.2, 0.25) is 0 Å². The predicted molar refractivity (Wildman–Crippen MR) is 70.9 cm³/mol. The van der Waals surface area contributed by atoms with E-state index >= 15 is 0 Å². The molecule has 0 radical (unpaired) electrons. The molecular weight excluding hydrogens is 312 g/mol. The highest BCUT2D eigenvalue weighted by molar-refractivity contribution is 9.10. The lowest BCUT2D eigenvalue weighted by Crippen LogP contribution is -2.23. The number of hydrogen-bond acceptors (Lipinski definition) is 4. The molecule has 3 rings (SSSR count). The molecule has 2 heterocycles. The Kier molecular flexibility index (Phi) is 2.79. The van der Waals surface area contributed by atoms with Gasteiger partial charge in [0.25, 0.3) is 11.8 Å². The van der Waals surface area contributed by atoms with Crippen LogP contribution >= 0.6 is 15.9 Å². The first-order chi connectivity index (χ1) is 9.16. The maximum Gasteiger partial charge on any atom is 0.282 e. The fourth-order valence-electron chi connectivity index (χ4n) is 1.79. The van der Waals surface area contributed by atoms with E-state index in [0.717, 1.165) is 5.01 Å². The van der Waals surface area contributed by atoms with Gasteiger partial charge in [0.15, 0.2) is 4.67 Å². The molecule has 0 unspecified atom stereocenters. The average molecular weight is 319 g/mol. The lowest BCUT2D eigenvalue weighted by atomic mass is 10.1. The SMILES string of the molecule is O=C1c2ccccc2C(=O)N1/N=C\c1ccc(Br)o1. The summed E-state index contributed by atoms with van der Waals surface area (Å²) in [7, 11) is 0. The van der Waals surface area contributed by atoms with Crippen LogP contribution in [0.25, 0.3) is 0 Å². The number of carbonyl (C=O) groups is 2. The third-order valence-corrected chi connectivity index (χ3v) is 3.09. The molecule has 1 aromatic carbocycles. The van der Waals surface area contributed by atoms with Gasteiger partial charge in [-0.25, -0.2) is 0 Å². The van der Waals surface area contributed by atoms with Crippen LogP contribution in [0, 0.1) is 0 Å². The summed E-state index contributed by atoms with van der Waals surface area (Å²) in [5, 5.41) is 4.71. The van der Waals surface area contributed by atoms with Crippen molar-refractivity contribution in [3.05, 3.63) is 58.0 Å². The number of imide groups is 1. The summed E-state index contributed by atoms with van der Waals surface area (Å²) in [6, 6.07) is 10.0. The molecule has 0 atom stereocenters. The summed E-state index contributed by atoms with van der Waals surface area (Å²) in [5.41, 5.74) is 0.732. The monoisotopic (exact) mass is 318 g/mol. The highest BCUT2D eigenvalue weighted by Gasteiger charge is 2.35. The summed E-state index contributed by atoms with van der Waals surface area (Å²) in [6.07, 6.45) is 1.33. The molecule has 19 heavy (non-hydrogen) atoms. The minimum Gasteiger partial charge on any atom is -0.448 e. The van der Waals surface area contributed by atoms with Gasteiger partial charge in [0.05, 0.1) is 17.3 Å². The van der Waals surface area contributed by atoms with Gasteiger partial charge in [0, 0.05) is 0 Å². The summed E-state index contributed by atoms with van der Waals surface area (Å²) in [5.74, 6) is -0.409. The quantitative estimate of drug-likeness (QED) is 0.631. The number of amides is 2. The molecule has 0 aliphatic carbocycles. The van der Waals surface area contributed by atoms with Crippen LogP contribution in [0.5, 0.6) is 0 Å². The van der Waals surface area contributed by atoms with Crippen LogP contribution in [-0.2, 0) is 0 Å². The summed E-state index contributed by atoms with van der Waals surface area (Å²) in [6.45, 7) is 0. The lowest BCUT2D eigenvalue weighted by molar-refractivity contribution is 0.0660. The minimum atomic E-state index is -0.428. The van der Waals surface area contributed by atoms with E-state index in [2.05, 4.69) is 21.0 Å². The summed E-state index contributed by atoms with van der Waals surface area (Å²) >= 11 is 3.16. The molecule has 2 aromatic rings. The Morgan fingerprint density at radius 1 is 1.05 bits per heavy atom. The van der Waals surface area contributed by atoms with Crippen molar-refractivity contribution in [1.29, 1.82) is 0 Å². The zero-order chi connectivity index (χ0) is 13.4. The molecule has 1 aromatic heterocycles. The van der Waals surface area contributed by atoms with Crippen LogP contribution in [0.15, 0.2) is 50.6 Å². The van der Waals surface area contributed by atoms with Crippen molar-refractivity contribution in [2.24, 2.45) is 5.10 Å². The van der Waals surface area contributed by atoms with Crippen LogP contribution in [0.4, 0.5) is 0 Å². The number of benzene rings is 1. The van der Waals surface area contributed by atoms with Crippen LogP contribution in [-0.4, -0.2) is 23.0 Å². The zero-order valence-electron chi connectivity index (χ0n) is 9.54. The second kappa shape index (κ2) is 4.47. The Morgan fingerprint density at radius 3 is 2.21 bits per heavy atom. The first-order valence-corrected chi connectivity index (χ1v) is 6.23. The van der Waals surface area contributed by atoms with Gasteiger partial charge in [-0.05, 0) is 40.2 Å². The molecule has 2 amide bonds. The first-order valence-electron chi connectivity index (χ1n) is 5.44. The van der Waals surface area contributed by atoms with E-state index in [1.807, 2.05) is 0 Å². The predicted octanol–water partition coefficient (Wildman–Crippen LogP) is 2.67. The van der Waals surface area contributed by atoms with E-state index in [9.17, 15) is 9.59 Å². The average Bonchev–Trinajstić information content (AvgIpc) is 2.93. The van der Waals surface area contributed by atoms with Crippen molar-refractivity contribution in [3.8, 4) is 0 Å². The fraction of sp³-hybridized carbons (Fsp3) is 0. The highest BCUT2D eigenvalue weighted by Crippen LogP contribution is 2.22.